The van der Waals surface area contributed by atoms with Crippen molar-refractivity contribution in [1.82, 2.24) is 19.5 Å². The number of hydrogen-bond donors (Lipinski definition) is 4. The first kappa shape index (κ1) is 16.1. The smallest absolute Gasteiger partial charge is 0.172 e. The molecule has 0 unspecified atom stereocenters. The molecule has 1 aliphatic heterocycles. The maximum Gasteiger partial charge on any atom is 0.172 e. The molecule has 9 nitrogen and oxygen atoms in total. The van der Waals surface area contributed by atoms with Crippen LogP contribution in [0.1, 0.15) is 6.23 Å². The van der Waals surface area contributed by atoms with E-state index in [0.29, 0.717) is 22.1 Å². The molecule has 0 amide bonds. The number of imidazole rings is 1. The molecule has 10 heteroatoms. The fraction of sp³-hybridized carbons (Fsp3) is 0.462. The van der Waals surface area contributed by atoms with Gasteiger partial charge < -0.3 is 25.8 Å². The molecule has 0 aromatic carbocycles. The van der Waals surface area contributed by atoms with Crippen LogP contribution in [-0.2, 0) is 4.74 Å². The number of nitrogens with two attached hydrogens (primary N) is 1. The average Bonchev–Trinajstić information content (AvgIpc) is 3.05. The van der Waals surface area contributed by atoms with Crippen LogP contribution < -0.4 is 5.73 Å². The van der Waals surface area contributed by atoms with Crippen molar-refractivity contribution in [3.63, 3.8) is 0 Å². The number of thioether (sulfide) groups is 1. The number of ether oxygens (including phenoxy) is 1. The molecular formula is C13H17N5O4S. The molecule has 2 aromatic heterocycles. The van der Waals surface area contributed by atoms with Crippen LogP contribution in [0.5, 0.6) is 0 Å². The van der Waals surface area contributed by atoms with Crippen LogP contribution in [0.25, 0.3) is 11.2 Å². The average molecular weight is 339 g/mol. The third-order valence-electron chi connectivity index (χ3n) is 3.57. The van der Waals surface area contributed by atoms with Gasteiger partial charge in [-0.25, -0.2) is 15.0 Å². The lowest BCUT2D eigenvalue weighted by atomic mass is 10.1. The number of aromatic nitrogens is 4. The van der Waals surface area contributed by atoms with E-state index in [1.807, 2.05) is 0 Å². The summed E-state index contributed by atoms with van der Waals surface area (Å²) in [7, 11) is 0. The number of rotatable bonds is 5. The van der Waals surface area contributed by atoms with Gasteiger partial charge in [0.2, 0.25) is 0 Å². The van der Waals surface area contributed by atoms with Gasteiger partial charge in [0.25, 0.3) is 0 Å². The highest BCUT2D eigenvalue weighted by molar-refractivity contribution is 7.99. The molecule has 4 atom stereocenters. The summed E-state index contributed by atoms with van der Waals surface area (Å²) in [6.45, 7) is 3.25. The van der Waals surface area contributed by atoms with E-state index in [2.05, 4.69) is 21.5 Å². The Bertz CT molecular complexity index is 724. The Balaban J connectivity index is 2.11. The summed E-state index contributed by atoms with van der Waals surface area (Å²) in [4.78, 5) is 12.5. The van der Waals surface area contributed by atoms with E-state index in [0.717, 1.165) is 0 Å². The maximum atomic E-state index is 10.3. The first-order chi connectivity index (χ1) is 11.1. The zero-order valence-corrected chi connectivity index (χ0v) is 12.9. The van der Waals surface area contributed by atoms with Crippen molar-refractivity contribution in [2.45, 2.75) is 29.7 Å². The summed E-state index contributed by atoms with van der Waals surface area (Å²) >= 11 is 1.36. The number of nitrogens with zero attached hydrogens (tertiary/aromatic N) is 4. The zero-order valence-electron chi connectivity index (χ0n) is 12.1. The largest absolute Gasteiger partial charge is 0.394 e. The van der Waals surface area contributed by atoms with E-state index in [1.54, 1.807) is 10.6 Å². The van der Waals surface area contributed by atoms with Crippen molar-refractivity contribution in [3.8, 4) is 0 Å². The molecule has 1 aliphatic rings. The standard InChI is InChI=1S/C13H17N5O4S/c1-2-3-23-13-17-7-10(14)15-5-16-11(7)18(13)12-9(21)8(20)6(4-19)22-12/h2,5-6,8-9,12,19-21H,1,3-4H2,(H2,14,15,16)/t6-,8+,9-,12+/m0/s1. The Morgan fingerprint density at radius 2 is 2.17 bits per heavy atom. The van der Waals surface area contributed by atoms with E-state index in [1.165, 1.54) is 18.1 Å². The molecule has 1 saturated heterocycles. The lowest BCUT2D eigenvalue weighted by Crippen LogP contribution is -2.33. The van der Waals surface area contributed by atoms with Crippen molar-refractivity contribution in [2.75, 3.05) is 18.1 Å². The molecule has 0 spiro atoms. The molecule has 5 N–H and O–H groups in total. The molecule has 0 radical (unpaired) electrons. The Labute approximate surface area is 135 Å². The highest BCUT2D eigenvalue weighted by Crippen LogP contribution is 2.36. The van der Waals surface area contributed by atoms with Gasteiger partial charge in [-0.05, 0) is 0 Å². The minimum absolute atomic E-state index is 0.209. The molecule has 3 heterocycles. The maximum absolute atomic E-state index is 10.3. The quantitative estimate of drug-likeness (QED) is 0.411. The van der Waals surface area contributed by atoms with Crippen LogP contribution >= 0.6 is 11.8 Å². The minimum atomic E-state index is -1.23. The van der Waals surface area contributed by atoms with Crippen molar-refractivity contribution in [3.05, 3.63) is 19.0 Å². The zero-order chi connectivity index (χ0) is 16.6. The predicted molar refractivity (Wildman–Crippen MR) is 83.7 cm³/mol. The molecule has 3 rings (SSSR count). The van der Waals surface area contributed by atoms with Gasteiger partial charge >= 0.3 is 0 Å². The van der Waals surface area contributed by atoms with Crippen molar-refractivity contribution in [1.29, 1.82) is 0 Å². The van der Waals surface area contributed by atoms with E-state index < -0.39 is 31.1 Å². The highest BCUT2D eigenvalue weighted by Gasteiger charge is 2.45. The Kier molecular flexibility index (Phi) is 4.50. The van der Waals surface area contributed by atoms with Crippen LogP contribution in [0, 0.1) is 0 Å². The summed E-state index contributed by atoms with van der Waals surface area (Å²) in [6.07, 6.45) is -1.26. The van der Waals surface area contributed by atoms with Gasteiger partial charge in [0, 0.05) is 5.75 Å². The molecule has 2 aromatic rings. The first-order valence-corrected chi connectivity index (χ1v) is 7.91. The van der Waals surface area contributed by atoms with Crippen LogP contribution in [0.2, 0.25) is 0 Å². The van der Waals surface area contributed by atoms with E-state index in [-0.39, 0.29) is 5.82 Å². The van der Waals surface area contributed by atoms with Crippen LogP contribution in [0.4, 0.5) is 5.82 Å². The second kappa shape index (κ2) is 6.42. The van der Waals surface area contributed by atoms with Gasteiger partial charge in [0.05, 0.1) is 6.61 Å². The number of hydrogen-bond acceptors (Lipinski definition) is 9. The van der Waals surface area contributed by atoms with Crippen LogP contribution in [-0.4, -0.2) is 65.5 Å². The summed E-state index contributed by atoms with van der Waals surface area (Å²) in [5, 5.41) is 30.0. The first-order valence-electron chi connectivity index (χ1n) is 6.93. The SMILES string of the molecule is C=CCSc1nc2c(N)ncnc2n1[C@@H]1O[C@@H](CO)[C@@H](O)[C@@H]1O. The fourth-order valence-corrected chi connectivity index (χ4v) is 3.22. The van der Waals surface area contributed by atoms with Gasteiger partial charge in [-0.1, -0.05) is 17.8 Å². The van der Waals surface area contributed by atoms with Gasteiger partial charge in [0.15, 0.2) is 28.4 Å². The number of nitrogen functional groups attached to an aromatic ring is 1. The monoisotopic (exact) mass is 339 g/mol. The van der Waals surface area contributed by atoms with E-state index >= 15 is 0 Å². The predicted octanol–water partition coefficient (Wildman–Crippen LogP) is -0.702. The Hall–Kier alpha value is -1.72. The number of aliphatic hydroxyl groups is 3. The molecular weight excluding hydrogens is 322 g/mol. The summed E-state index contributed by atoms with van der Waals surface area (Å²) in [5.74, 6) is 0.784. The molecule has 1 fully saturated rings. The van der Waals surface area contributed by atoms with Gasteiger partial charge in [-0.2, -0.15) is 0 Å². The van der Waals surface area contributed by atoms with E-state index in [9.17, 15) is 15.3 Å². The summed E-state index contributed by atoms with van der Waals surface area (Å²) < 4.78 is 7.14. The molecule has 0 bridgehead atoms. The second-order valence-corrected chi connectivity index (χ2v) is 6.01. The minimum Gasteiger partial charge on any atom is -0.394 e. The van der Waals surface area contributed by atoms with Gasteiger partial charge in [-0.15, -0.1) is 6.58 Å². The summed E-state index contributed by atoms with van der Waals surface area (Å²) in [6, 6.07) is 0. The molecule has 0 aliphatic carbocycles. The van der Waals surface area contributed by atoms with Crippen LogP contribution in [0.15, 0.2) is 24.1 Å². The normalized spacial score (nSPS) is 27.6. The third kappa shape index (κ3) is 2.68. The lowest BCUT2D eigenvalue weighted by molar-refractivity contribution is -0.0548. The Morgan fingerprint density at radius 3 is 2.83 bits per heavy atom. The highest BCUT2D eigenvalue weighted by atomic mass is 32.2. The van der Waals surface area contributed by atoms with Crippen molar-refractivity contribution >= 4 is 28.7 Å². The van der Waals surface area contributed by atoms with Crippen molar-refractivity contribution in [2.24, 2.45) is 0 Å². The molecule has 124 valence electrons. The van der Waals surface area contributed by atoms with Crippen molar-refractivity contribution < 1.29 is 20.1 Å². The van der Waals surface area contributed by atoms with Gasteiger partial charge in [0.1, 0.15) is 24.6 Å². The van der Waals surface area contributed by atoms with Gasteiger partial charge in [-0.3, -0.25) is 4.57 Å². The topological polar surface area (TPSA) is 140 Å². The fourth-order valence-electron chi connectivity index (χ4n) is 2.46. The molecule has 23 heavy (non-hydrogen) atoms. The Morgan fingerprint density at radius 1 is 1.39 bits per heavy atom. The third-order valence-corrected chi connectivity index (χ3v) is 4.52. The number of aliphatic hydroxyl groups excluding tert-OH is 3. The lowest BCUT2D eigenvalue weighted by Gasteiger charge is -2.18. The molecule has 0 saturated carbocycles. The van der Waals surface area contributed by atoms with Crippen LogP contribution in [0.3, 0.4) is 0 Å². The van der Waals surface area contributed by atoms with E-state index in [4.69, 9.17) is 10.5 Å². The number of fused-ring (bicyclic) bond motifs is 1. The number of anilines is 1. The summed E-state index contributed by atoms with van der Waals surface area (Å²) in [5.41, 5.74) is 6.61. The second-order valence-electron chi connectivity index (χ2n) is 5.02.